The van der Waals surface area contributed by atoms with Gasteiger partial charge in [0.05, 0.1) is 5.56 Å². The molecule has 0 bridgehead atoms. The van der Waals surface area contributed by atoms with E-state index in [2.05, 4.69) is 9.97 Å². The minimum atomic E-state index is -0.396. The van der Waals surface area contributed by atoms with Crippen molar-refractivity contribution in [3.8, 4) is 17.3 Å². The smallest absolute Gasteiger partial charge is 0.258 e. The van der Waals surface area contributed by atoms with E-state index in [9.17, 15) is 14.3 Å². The molecule has 0 saturated heterocycles. The summed E-state index contributed by atoms with van der Waals surface area (Å²) >= 11 is 0. The Bertz CT molecular complexity index is 713. The van der Waals surface area contributed by atoms with Crippen molar-refractivity contribution in [2.75, 3.05) is 0 Å². The molecule has 3 rings (SSSR count). The number of halogens is 1. The third-order valence-corrected chi connectivity index (χ3v) is 4.01. The topological polar surface area (TPSA) is 66.0 Å². The number of hydrogen-bond acceptors (Lipinski definition) is 3. The van der Waals surface area contributed by atoms with Gasteiger partial charge in [0.1, 0.15) is 11.6 Å². The quantitative estimate of drug-likeness (QED) is 0.891. The molecule has 5 heteroatoms. The van der Waals surface area contributed by atoms with E-state index in [1.165, 1.54) is 12.1 Å². The minimum absolute atomic E-state index is 0.0737. The molecule has 1 heterocycles. The summed E-state index contributed by atoms with van der Waals surface area (Å²) in [6.45, 7) is 1.76. The van der Waals surface area contributed by atoms with Crippen LogP contribution in [0.3, 0.4) is 0 Å². The number of benzene rings is 1. The third-order valence-electron chi connectivity index (χ3n) is 4.01. The molecule has 0 spiro atoms. The van der Waals surface area contributed by atoms with Crippen molar-refractivity contribution in [2.45, 2.75) is 38.5 Å². The normalized spacial score (nSPS) is 15.5. The maximum atomic E-state index is 13.5. The van der Waals surface area contributed by atoms with Gasteiger partial charge in [-0.15, -0.1) is 0 Å². The zero-order valence-electron chi connectivity index (χ0n) is 11.8. The number of nitrogens with one attached hydrogen (secondary N) is 1. The number of aromatic nitrogens is 2. The zero-order valence-corrected chi connectivity index (χ0v) is 11.8. The van der Waals surface area contributed by atoms with Crippen LogP contribution in [0.1, 0.15) is 42.7 Å². The molecule has 110 valence electrons. The van der Waals surface area contributed by atoms with Crippen LogP contribution in [0.15, 0.2) is 23.0 Å². The number of H-pyrrole nitrogens is 1. The maximum absolute atomic E-state index is 13.5. The Morgan fingerprint density at radius 2 is 2.00 bits per heavy atom. The van der Waals surface area contributed by atoms with Crippen molar-refractivity contribution in [3.05, 3.63) is 45.5 Å². The first-order chi connectivity index (χ1) is 10.0. The Balaban J connectivity index is 2.07. The van der Waals surface area contributed by atoms with E-state index < -0.39 is 5.82 Å². The number of nitrogens with zero attached hydrogens (tertiary/aromatic N) is 1. The summed E-state index contributed by atoms with van der Waals surface area (Å²) in [5, 5.41) is 10.1. The van der Waals surface area contributed by atoms with E-state index in [0.29, 0.717) is 11.1 Å². The van der Waals surface area contributed by atoms with Gasteiger partial charge < -0.3 is 10.1 Å². The summed E-state index contributed by atoms with van der Waals surface area (Å²) in [7, 11) is 0. The average Bonchev–Trinajstić information content (AvgIpc) is 2.90. The van der Waals surface area contributed by atoms with Gasteiger partial charge in [-0.1, -0.05) is 12.8 Å². The Morgan fingerprint density at radius 3 is 2.62 bits per heavy atom. The summed E-state index contributed by atoms with van der Waals surface area (Å²) in [4.78, 5) is 19.0. The molecule has 2 N–H and O–H groups in total. The van der Waals surface area contributed by atoms with Crippen molar-refractivity contribution >= 4 is 0 Å². The fourth-order valence-corrected chi connectivity index (χ4v) is 3.06. The lowest BCUT2D eigenvalue weighted by molar-refractivity contribution is 0.436. The summed E-state index contributed by atoms with van der Waals surface area (Å²) in [5.41, 5.74) is 1.22. The van der Waals surface area contributed by atoms with Crippen LogP contribution in [0.4, 0.5) is 4.39 Å². The minimum Gasteiger partial charge on any atom is -0.493 e. The van der Waals surface area contributed by atoms with Gasteiger partial charge in [-0.05, 0) is 49.4 Å². The van der Waals surface area contributed by atoms with E-state index in [-0.39, 0.29) is 23.2 Å². The van der Waals surface area contributed by atoms with Gasteiger partial charge in [0, 0.05) is 5.56 Å². The van der Waals surface area contributed by atoms with Crippen molar-refractivity contribution in [3.63, 3.8) is 0 Å². The first-order valence-corrected chi connectivity index (χ1v) is 7.15. The summed E-state index contributed by atoms with van der Waals surface area (Å²) < 4.78 is 13.5. The average molecular weight is 288 g/mol. The molecule has 0 amide bonds. The maximum Gasteiger partial charge on any atom is 0.258 e. The second kappa shape index (κ2) is 5.31. The molecule has 0 atom stereocenters. The number of aromatic hydroxyl groups is 1. The van der Waals surface area contributed by atoms with Crippen LogP contribution in [0, 0.1) is 12.7 Å². The van der Waals surface area contributed by atoms with Crippen molar-refractivity contribution in [1.82, 2.24) is 9.97 Å². The molecule has 1 aliphatic rings. The predicted octanol–water partition coefficient (Wildman–Crippen LogP) is 3.25. The molecule has 1 saturated carbocycles. The second-order valence-corrected chi connectivity index (χ2v) is 5.65. The van der Waals surface area contributed by atoms with Crippen molar-refractivity contribution in [2.24, 2.45) is 0 Å². The molecule has 0 aliphatic heterocycles. The Labute approximate surface area is 121 Å². The van der Waals surface area contributed by atoms with Crippen LogP contribution in [0.5, 0.6) is 5.88 Å². The van der Waals surface area contributed by atoms with E-state index in [1.807, 2.05) is 0 Å². The number of rotatable bonds is 2. The largest absolute Gasteiger partial charge is 0.493 e. The van der Waals surface area contributed by atoms with Crippen LogP contribution in [-0.2, 0) is 0 Å². The molecule has 1 aliphatic carbocycles. The van der Waals surface area contributed by atoms with E-state index >= 15 is 0 Å². The van der Waals surface area contributed by atoms with Crippen LogP contribution in [0.25, 0.3) is 11.4 Å². The highest BCUT2D eigenvalue weighted by molar-refractivity contribution is 5.57. The third kappa shape index (κ3) is 2.68. The van der Waals surface area contributed by atoms with Gasteiger partial charge in [0.15, 0.2) is 0 Å². The van der Waals surface area contributed by atoms with Gasteiger partial charge in [0.2, 0.25) is 5.88 Å². The SMILES string of the molecule is Cc1cc(F)cc(-c2nc(O)c(C3CCCC3)c(=O)[nH]2)c1. The monoisotopic (exact) mass is 288 g/mol. The van der Waals surface area contributed by atoms with Crippen LogP contribution in [-0.4, -0.2) is 15.1 Å². The Hall–Kier alpha value is -2.17. The molecule has 2 aromatic rings. The fourth-order valence-electron chi connectivity index (χ4n) is 3.06. The summed E-state index contributed by atoms with van der Waals surface area (Å²) in [6, 6.07) is 4.41. The fraction of sp³-hybridized carbons (Fsp3) is 0.375. The lowest BCUT2D eigenvalue weighted by atomic mass is 10.00. The van der Waals surface area contributed by atoms with Gasteiger partial charge in [-0.2, -0.15) is 4.98 Å². The van der Waals surface area contributed by atoms with E-state index in [1.54, 1.807) is 13.0 Å². The first kappa shape index (κ1) is 13.8. The van der Waals surface area contributed by atoms with Crippen LogP contribution < -0.4 is 5.56 Å². The lowest BCUT2D eigenvalue weighted by Gasteiger charge is -2.11. The highest BCUT2D eigenvalue weighted by Crippen LogP contribution is 2.35. The van der Waals surface area contributed by atoms with Gasteiger partial charge in [-0.3, -0.25) is 4.79 Å². The molecule has 4 nitrogen and oxygen atoms in total. The molecule has 21 heavy (non-hydrogen) atoms. The van der Waals surface area contributed by atoms with Gasteiger partial charge >= 0.3 is 0 Å². The summed E-state index contributed by atoms with van der Waals surface area (Å²) in [6.07, 6.45) is 3.93. The standard InChI is InChI=1S/C16H17FN2O2/c1-9-6-11(8-12(17)7-9)14-18-15(20)13(16(21)19-14)10-4-2-3-5-10/h6-8,10H,2-5H2,1H3,(H2,18,19,20,21). The molecule has 1 fully saturated rings. The van der Waals surface area contributed by atoms with Crippen LogP contribution >= 0.6 is 0 Å². The number of aromatic amines is 1. The molecule has 1 aromatic heterocycles. The number of aryl methyl sites for hydroxylation is 1. The highest BCUT2D eigenvalue weighted by atomic mass is 19.1. The van der Waals surface area contributed by atoms with Gasteiger partial charge in [-0.25, -0.2) is 4.39 Å². The van der Waals surface area contributed by atoms with E-state index in [0.717, 1.165) is 31.2 Å². The zero-order chi connectivity index (χ0) is 15.0. The first-order valence-electron chi connectivity index (χ1n) is 7.15. The van der Waals surface area contributed by atoms with Crippen molar-refractivity contribution in [1.29, 1.82) is 0 Å². The molecular weight excluding hydrogens is 271 g/mol. The van der Waals surface area contributed by atoms with Crippen molar-refractivity contribution < 1.29 is 9.50 Å². The number of hydrogen-bond donors (Lipinski definition) is 2. The second-order valence-electron chi connectivity index (χ2n) is 5.65. The predicted molar refractivity (Wildman–Crippen MR) is 77.9 cm³/mol. The molecule has 0 unspecified atom stereocenters. The summed E-state index contributed by atoms with van der Waals surface area (Å²) in [5.74, 6) is -0.360. The molecule has 1 aromatic carbocycles. The van der Waals surface area contributed by atoms with Gasteiger partial charge in [0.25, 0.3) is 5.56 Å². The highest BCUT2D eigenvalue weighted by Gasteiger charge is 2.24. The van der Waals surface area contributed by atoms with Crippen LogP contribution in [0.2, 0.25) is 0 Å². The van der Waals surface area contributed by atoms with E-state index in [4.69, 9.17) is 0 Å². The Kier molecular flexibility index (Phi) is 3.49. The molecular formula is C16H17FN2O2. The lowest BCUT2D eigenvalue weighted by Crippen LogP contribution is -2.17. The Morgan fingerprint density at radius 1 is 1.29 bits per heavy atom. The molecule has 0 radical (unpaired) electrons.